The van der Waals surface area contributed by atoms with Crippen LogP contribution in [0.5, 0.6) is 0 Å². The normalized spacial score (nSPS) is 9.93. The van der Waals surface area contributed by atoms with Crippen molar-refractivity contribution in [1.82, 2.24) is 0 Å². The van der Waals surface area contributed by atoms with E-state index in [9.17, 15) is 0 Å². The fraction of sp³-hybridized carbons (Fsp3) is 0.333. The average molecular weight is 239 g/mol. The van der Waals surface area contributed by atoms with Gasteiger partial charge in [0.15, 0.2) is 0 Å². The molecule has 0 saturated heterocycles. The van der Waals surface area contributed by atoms with Gasteiger partial charge in [-0.15, -0.1) is 0 Å². The van der Waals surface area contributed by atoms with E-state index in [1.165, 1.54) is 5.56 Å². The van der Waals surface area contributed by atoms with Crippen molar-refractivity contribution in [2.75, 3.05) is 0 Å². The van der Waals surface area contributed by atoms with Crippen LogP contribution in [0.25, 0.3) is 0 Å². The van der Waals surface area contributed by atoms with Crippen molar-refractivity contribution in [1.29, 1.82) is 0 Å². The molecular weight excluding hydrogens is 227 g/mol. The number of hydrogen-bond acceptors (Lipinski definition) is 4. The molecule has 0 N–H and O–H groups in total. The van der Waals surface area contributed by atoms with E-state index in [0.29, 0.717) is 5.92 Å². The predicted molar refractivity (Wildman–Crippen MR) is 51.0 cm³/mol. The van der Waals surface area contributed by atoms with Crippen molar-refractivity contribution >= 4 is 10.4 Å². The Hall–Kier alpha value is 0.0900. The summed E-state index contributed by atoms with van der Waals surface area (Å²) in [6.45, 7) is 4.41. The van der Waals surface area contributed by atoms with E-state index >= 15 is 0 Å². The molecule has 6 heteroatoms. The van der Waals surface area contributed by atoms with Crippen molar-refractivity contribution in [3.63, 3.8) is 0 Å². The van der Waals surface area contributed by atoms with E-state index < -0.39 is 10.4 Å². The molecule has 0 fully saturated rings. The van der Waals surface area contributed by atoms with E-state index in [0.717, 1.165) is 0 Å². The van der Waals surface area contributed by atoms with Crippen molar-refractivity contribution in [2.24, 2.45) is 0 Å². The summed E-state index contributed by atoms with van der Waals surface area (Å²) in [6, 6.07) is 10.5. The zero-order valence-corrected chi connectivity index (χ0v) is 11.8. The Balaban J connectivity index is 0. The second-order valence-electron chi connectivity index (χ2n) is 2.97. The van der Waals surface area contributed by atoms with Gasteiger partial charge in [0.1, 0.15) is 0 Å². The molecule has 4 nitrogen and oxygen atoms in total. The predicted octanol–water partition coefficient (Wildman–Crippen LogP) is -1.52. The number of rotatable bonds is 1. The minimum absolute atomic E-state index is 0. The molecule has 1 aromatic rings. The molecule has 0 atom stereocenters. The van der Waals surface area contributed by atoms with Crippen LogP contribution in [0.3, 0.4) is 0 Å². The minimum Gasteiger partial charge on any atom is -0.759 e. The molecule has 1 aromatic carbocycles. The molecule has 0 spiro atoms. The van der Waals surface area contributed by atoms with Crippen molar-refractivity contribution < 1.29 is 47.1 Å². The Morgan fingerprint density at radius 1 is 1.07 bits per heavy atom. The van der Waals surface area contributed by atoms with Gasteiger partial charge < -0.3 is 9.11 Å². The first-order chi connectivity index (χ1) is 6.30. The van der Waals surface area contributed by atoms with Crippen LogP contribution in [0, 0.1) is 0 Å². The molecule has 0 bridgehead atoms. The van der Waals surface area contributed by atoms with Crippen LogP contribution in [0.1, 0.15) is 25.3 Å². The van der Waals surface area contributed by atoms with Gasteiger partial charge in [-0.05, 0) is 11.5 Å². The number of hydrogen-bond donors (Lipinski definition) is 0. The van der Waals surface area contributed by atoms with Gasteiger partial charge in [0.05, 0.1) is 0 Å². The van der Waals surface area contributed by atoms with Crippen LogP contribution < -0.4 is 29.6 Å². The average Bonchev–Trinajstić information content (AvgIpc) is 2.03. The summed E-state index contributed by atoms with van der Waals surface area (Å²) >= 11 is 0. The molecule has 0 radical (unpaired) electrons. The van der Waals surface area contributed by atoms with Crippen molar-refractivity contribution in [3.8, 4) is 0 Å². The third-order valence-corrected chi connectivity index (χ3v) is 1.47. The molecule has 80 valence electrons. The van der Waals surface area contributed by atoms with Gasteiger partial charge in [0.25, 0.3) is 0 Å². The standard InChI is InChI=1S/C9H12.Na.H2O4S/c1-8(2)9-6-4-3-5-7-9;;1-5(2,3)4/h3-8H,1-2H3;;(H2,1,2,3,4)/q;+1;/p-2. The second-order valence-corrected chi connectivity index (χ2v) is 3.79. The molecule has 1 rings (SSSR count). The fourth-order valence-corrected chi connectivity index (χ4v) is 0.838. The Bertz CT molecular complexity index is 340. The molecule has 0 heterocycles. The van der Waals surface area contributed by atoms with Crippen LogP contribution >= 0.6 is 0 Å². The van der Waals surface area contributed by atoms with Crippen molar-refractivity contribution in [2.45, 2.75) is 19.8 Å². The molecule has 0 aliphatic rings. The summed E-state index contributed by atoms with van der Waals surface area (Å²) in [5.41, 5.74) is 1.41. The first-order valence-corrected chi connectivity index (χ1v) is 5.35. The van der Waals surface area contributed by atoms with E-state index in [1.807, 2.05) is 6.07 Å². The molecule has 0 amide bonds. The molecule has 0 saturated carbocycles. The summed E-state index contributed by atoms with van der Waals surface area (Å²) in [5.74, 6) is 0.659. The molecule has 0 unspecified atom stereocenters. The topological polar surface area (TPSA) is 80.3 Å². The van der Waals surface area contributed by atoms with Crippen LogP contribution in [0.2, 0.25) is 0 Å². The Morgan fingerprint density at radius 3 is 1.60 bits per heavy atom. The van der Waals surface area contributed by atoms with Crippen molar-refractivity contribution in [3.05, 3.63) is 35.9 Å². The van der Waals surface area contributed by atoms with Gasteiger partial charge in [-0.25, -0.2) is 0 Å². The summed E-state index contributed by atoms with van der Waals surface area (Å²) in [7, 11) is -5.17. The third-order valence-electron chi connectivity index (χ3n) is 1.47. The molecule has 15 heavy (non-hydrogen) atoms. The zero-order valence-electron chi connectivity index (χ0n) is 9.01. The number of benzene rings is 1. The quantitative estimate of drug-likeness (QED) is 0.338. The maximum absolute atomic E-state index is 8.52. The first-order valence-electron chi connectivity index (χ1n) is 4.02. The van der Waals surface area contributed by atoms with Crippen LogP contribution in [0.15, 0.2) is 30.3 Å². The van der Waals surface area contributed by atoms with Gasteiger partial charge in [-0.1, -0.05) is 44.2 Å². The summed E-state index contributed by atoms with van der Waals surface area (Å²) in [6.07, 6.45) is 0. The van der Waals surface area contributed by atoms with Crippen LogP contribution in [0.4, 0.5) is 0 Å². The van der Waals surface area contributed by atoms with Gasteiger partial charge in [-0.3, -0.25) is 8.42 Å². The molecule has 0 aromatic heterocycles. The molecular formula is C9H12NaO4S-. The molecule has 0 aliphatic carbocycles. The fourth-order valence-electron chi connectivity index (χ4n) is 0.838. The maximum atomic E-state index is 8.52. The van der Waals surface area contributed by atoms with Gasteiger partial charge in [0.2, 0.25) is 0 Å². The Labute approximate surface area is 113 Å². The Kier molecular flexibility index (Phi) is 9.63. The van der Waals surface area contributed by atoms with E-state index in [2.05, 4.69) is 38.1 Å². The van der Waals surface area contributed by atoms with Gasteiger partial charge >= 0.3 is 29.6 Å². The monoisotopic (exact) mass is 239 g/mol. The SMILES string of the molecule is CC(C)c1ccccc1.O=S(=O)([O-])[O-].[Na+]. The second kappa shape index (κ2) is 8.27. The van der Waals surface area contributed by atoms with E-state index in [4.69, 9.17) is 17.5 Å². The van der Waals surface area contributed by atoms with Crippen LogP contribution in [-0.2, 0) is 10.4 Å². The smallest absolute Gasteiger partial charge is 0.759 e. The zero-order chi connectivity index (χ0) is 11.2. The van der Waals surface area contributed by atoms with Gasteiger partial charge in [0, 0.05) is 10.4 Å². The van der Waals surface area contributed by atoms with E-state index in [-0.39, 0.29) is 29.6 Å². The summed E-state index contributed by atoms with van der Waals surface area (Å²) < 4.78 is 34.1. The third kappa shape index (κ3) is 14.1. The minimum atomic E-state index is -5.17. The summed E-state index contributed by atoms with van der Waals surface area (Å²) in [4.78, 5) is 0. The largest absolute Gasteiger partial charge is 1.00 e. The molecule has 0 aliphatic heterocycles. The summed E-state index contributed by atoms with van der Waals surface area (Å²) in [5, 5.41) is 0. The van der Waals surface area contributed by atoms with Crippen LogP contribution in [-0.4, -0.2) is 17.5 Å². The Morgan fingerprint density at radius 2 is 1.40 bits per heavy atom. The maximum Gasteiger partial charge on any atom is 1.00 e. The van der Waals surface area contributed by atoms with E-state index in [1.54, 1.807) is 0 Å². The first kappa shape index (κ1) is 17.5. The van der Waals surface area contributed by atoms with Gasteiger partial charge in [-0.2, -0.15) is 0 Å².